The third-order valence-electron chi connectivity index (χ3n) is 6.05. The summed E-state index contributed by atoms with van der Waals surface area (Å²) in [5.41, 5.74) is 1.38. The minimum atomic E-state index is -0.538. The molecule has 2 aliphatic rings. The van der Waals surface area contributed by atoms with Crippen molar-refractivity contribution >= 4 is 28.5 Å². The number of likely N-dealkylation sites (tertiary alicyclic amines) is 1. The van der Waals surface area contributed by atoms with Crippen LogP contribution in [0.5, 0.6) is 0 Å². The summed E-state index contributed by atoms with van der Waals surface area (Å²) < 4.78 is 0. The number of aromatic amines is 1. The lowest BCUT2D eigenvalue weighted by molar-refractivity contribution is -0.126. The summed E-state index contributed by atoms with van der Waals surface area (Å²) in [6, 6.07) is 8.49. The largest absolute Gasteiger partial charge is 0.351 e. The van der Waals surface area contributed by atoms with Gasteiger partial charge in [0.1, 0.15) is 17.5 Å². The normalized spacial score (nSPS) is 22.6. The van der Waals surface area contributed by atoms with Crippen molar-refractivity contribution < 1.29 is 14.4 Å². The van der Waals surface area contributed by atoms with E-state index in [1.54, 1.807) is 4.90 Å². The maximum atomic E-state index is 13.0. The van der Waals surface area contributed by atoms with Crippen LogP contribution >= 0.6 is 0 Å². The molecule has 0 spiro atoms. The van der Waals surface area contributed by atoms with Gasteiger partial charge in [-0.05, 0) is 44.2 Å². The van der Waals surface area contributed by atoms with E-state index in [4.69, 9.17) is 6.42 Å². The van der Waals surface area contributed by atoms with Crippen molar-refractivity contribution in [2.45, 2.75) is 50.6 Å². The third kappa shape index (κ3) is 3.91. The first-order valence-corrected chi connectivity index (χ1v) is 10.2. The van der Waals surface area contributed by atoms with E-state index in [9.17, 15) is 14.4 Å². The smallest absolute Gasteiger partial charge is 0.270 e. The molecule has 29 heavy (non-hydrogen) atoms. The van der Waals surface area contributed by atoms with Crippen LogP contribution in [0.25, 0.3) is 10.9 Å². The fourth-order valence-corrected chi connectivity index (χ4v) is 4.48. The zero-order valence-corrected chi connectivity index (χ0v) is 16.3. The van der Waals surface area contributed by atoms with E-state index < -0.39 is 12.1 Å². The van der Waals surface area contributed by atoms with Crippen LogP contribution < -0.4 is 5.32 Å². The number of ketones is 1. The summed E-state index contributed by atoms with van der Waals surface area (Å²) in [7, 11) is 0. The summed E-state index contributed by atoms with van der Waals surface area (Å²) >= 11 is 0. The summed E-state index contributed by atoms with van der Waals surface area (Å²) in [6.07, 6.45) is 9.79. The predicted molar refractivity (Wildman–Crippen MR) is 110 cm³/mol. The van der Waals surface area contributed by atoms with Crippen molar-refractivity contribution in [1.82, 2.24) is 15.2 Å². The van der Waals surface area contributed by atoms with Crippen LogP contribution in [-0.2, 0) is 9.59 Å². The Morgan fingerprint density at radius 2 is 2.10 bits per heavy atom. The Bertz CT molecular complexity index is 954. The van der Waals surface area contributed by atoms with Crippen LogP contribution in [0.2, 0.25) is 0 Å². The quantitative estimate of drug-likeness (QED) is 0.769. The summed E-state index contributed by atoms with van der Waals surface area (Å²) in [5.74, 6) is 2.36. The summed E-state index contributed by atoms with van der Waals surface area (Å²) in [6.45, 7) is 0.536. The molecule has 1 aliphatic carbocycles. The van der Waals surface area contributed by atoms with Crippen molar-refractivity contribution in [2.24, 2.45) is 5.92 Å². The van der Waals surface area contributed by atoms with E-state index >= 15 is 0 Å². The summed E-state index contributed by atoms with van der Waals surface area (Å²) in [4.78, 5) is 42.6. The molecule has 4 rings (SSSR count). The van der Waals surface area contributed by atoms with Gasteiger partial charge in [0.2, 0.25) is 5.91 Å². The molecule has 1 saturated heterocycles. The average Bonchev–Trinajstić information content (AvgIpc) is 3.46. The molecule has 3 unspecified atom stereocenters. The lowest BCUT2D eigenvalue weighted by Gasteiger charge is -2.25. The molecular formula is C23H25N3O3. The number of aromatic nitrogens is 1. The maximum Gasteiger partial charge on any atom is 0.270 e. The zero-order valence-electron chi connectivity index (χ0n) is 16.3. The second-order valence-electron chi connectivity index (χ2n) is 7.95. The minimum Gasteiger partial charge on any atom is -0.351 e. The van der Waals surface area contributed by atoms with Gasteiger partial charge in [0, 0.05) is 29.8 Å². The highest BCUT2D eigenvalue weighted by atomic mass is 16.2. The number of nitrogens with zero attached hydrogens (tertiary/aromatic N) is 1. The van der Waals surface area contributed by atoms with Gasteiger partial charge in [-0.15, -0.1) is 6.42 Å². The van der Waals surface area contributed by atoms with Gasteiger partial charge in [-0.3, -0.25) is 14.4 Å². The zero-order chi connectivity index (χ0) is 20.4. The van der Waals surface area contributed by atoms with Crippen molar-refractivity contribution in [3.05, 3.63) is 36.0 Å². The highest BCUT2D eigenvalue weighted by molar-refractivity contribution is 6.00. The molecule has 2 amide bonds. The molecule has 2 aromatic rings. The molecule has 2 N–H and O–H groups in total. The highest BCUT2D eigenvalue weighted by Gasteiger charge is 2.36. The Morgan fingerprint density at radius 1 is 1.28 bits per heavy atom. The van der Waals surface area contributed by atoms with E-state index in [2.05, 4.69) is 16.2 Å². The first-order valence-electron chi connectivity index (χ1n) is 10.2. The van der Waals surface area contributed by atoms with Crippen LogP contribution in [0.15, 0.2) is 30.3 Å². The van der Waals surface area contributed by atoms with E-state index in [0.717, 1.165) is 30.2 Å². The number of nitrogens with one attached hydrogen (secondary N) is 2. The van der Waals surface area contributed by atoms with Gasteiger partial charge in [-0.2, -0.15) is 0 Å². The third-order valence-corrected chi connectivity index (χ3v) is 6.05. The molecule has 150 valence electrons. The van der Waals surface area contributed by atoms with Crippen molar-refractivity contribution in [2.75, 3.05) is 6.54 Å². The fraction of sp³-hybridized carbons (Fsp3) is 0.435. The second-order valence-corrected chi connectivity index (χ2v) is 7.95. The molecule has 2 fully saturated rings. The Labute approximate surface area is 170 Å². The highest BCUT2D eigenvalue weighted by Crippen LogP contribution is 2.26. The number of rotatable bonds is 5. The molecule has 1 aromatic carbocycles. The Kier molecular flexibility index (Phi) is 5.39. The van der Waals surface area contributed by atoms with E-state index in [1.807, 2.05) is 30.3 Å². The molecule has 1 aliphatic heterocycles. The van der Waals surface area contributed by atoms with E-state index in [1.165, 1.54) is 0 Å². The van der Waals surface area contributed by atoms with Gasteiger partial charge < -0.3 is 15.2 Å². The monoisotopic (exact) mass is 391 g/mol. The molecule has 0 radical (unpaired) electrons. The topological polar surface area (TPSA) is 82.3 Å². The first kappa shape index (κ1) is 19.3. The van der Waals surface area contributed by atoms with Crippen molar-refractivity contribution in [3.8, 4) is 12.3 Å². The van der Waals surface area contributed by atoms with Crippen molar-refractivity contribution in [1.29, 1.82) is 0 Å². The lowest BCUT2D eigenvalue weighted by Crippen LogP contribution is -2.49. The number of carbonyl (C=O) groups excluding carboxylic acids is 3. The SMILES string of the molecule is C#CC(CC1CCCC1=O)NC(=O)C1CCCN1C(=O)c1cc2ccccc2[nH]1. The molecule has 3 atom stereocenters. The van der Waals surface area contributed by atoms with Gasteiger partial charge in [0.05, 0.1) is 6.04 Å². The molecule has 2 heterocycles. The van der Waals surface area contributed by atoms with E-state index in [0.29, 0.717) is 31.5 Å². The molecule has 1 saturated carbocycles. The molecule has 6 nitrogen and oxygen atoms in total. The Morgan fingerprint density at radius 3 is 2.83 bits per heavy atom. The van der Waals surface area contributed by atoms with Crippen LogP contribution in [0, 0.1) is 18.3 Å². The first-order chi connectivity index (χ1) is 14.1. The number of amides is 2. The number of benzene rings is 1. The van der Waals surface area contributed by atoms with Crippen LogP contribution in [-0.4, -0.2) is 46.1 Å². The Balaban J connectivity index is 1.44. The number of para-hydroxylation sites is 1. The molecule has 6 heteroatoms. The van der Waals surface area contributed by atoms with Crippen LogP contribution in [0.3, 0.4) is 0 Å². The van der Waals surface area contributed by atoms with Crippen LogP contribution in [0.4, 0.5) is 0 Å². The van der Waals surface area contributed by atoms with Crippen LogP contribution in [0.1, 0.15) is 49.0 Å². The number of fused-ring (bicyclic) bond motifs is 1. The Hall–Kier alpha value is -3.07. The average molecular weight is 391 g/mol. The number of carbonyl (C=O) groups is 3. The number of terminal acetylenes is 1. The standard InChI is InChI=1S/C23H25N3O3/c1-2-17(13-16-8-5-11-21(16)27)24-22(28)20-10-6-12-26(20)23(29)19-14-15-7-3-4-9-18(15)25-19/h1,3-4,7,9,14,16-17,20,25H,5-6,8,10-13H2,(H,24,28). The number of hydrogen-bond acceptors (Lipinski definition) is 3. The molecule has 0 bridgehead atoms. The van der Waals surface area contributed by atoms with Crippen molar-refractivity contribution in [3.63, 3.8) is 0 Å². The van der Waals surface area contributed by atoms with Gasteiger partial charge in [0.25, 0.3) is 5.91 Å². The maximum absolute atomic E-state index is 13.0. The van der Waals surface area contributed by atoms with Gasteiger partial charge >= 0.3 is 0 Å². The number of Topliss-reactive ketones (excluding diaryl/α,β-unsaturated/α-hetero) is 1. The molecular weight excluding hydrogens is 366 g/mol. The summed E-state index contributed by atoms with van der Waals surface area (Å²) in [5, 5.41) is 3.85. The van der Waals surface area contributed by atoms with Gasteiger partial charge in [-0.1, -0.05) is 24.1 Å². The molecule has 1 aromatic heterocycles. The van der Waals surface area contributed by atoms with Gasteiger partial charge in [-0.25, -0.2) is 0 Å². The van der Waals surface area contributed by atoms with E-state index in [-0.39, 0.29) is 23.5 Å². The fourth-order valence-electron chi connectivity index (χ4n) is 4.48. The number of H-pyrrole nitrogens is 1. The predicted octanol–water partition coefficient (Wildman–Crippen LogP) is 2.65. The number of hydrogen-bond donors (Lipinski definition) is 2. The van der Waals surface area contributed by atoms with Gasteiger partial charge in [0.15, 0.2) is 0 Å². The second kappa shape index (κ2) is 8.12. The minimum absolute atomic E-state index is 0.0657. The lowest BCUT2D eigenvalue weighted by atomic mass is 9.97.